The van der Waals surface area contributed by atoms with Crippen molar-refractivity contribution in [2.75, 3.05) is 5.32 Å². The summed E-state index contributed by atoms with van der Waals surface area (Å²) in [6, 6.07) is 30.5. The molecule has 1 amide bonds. The van der Waals surface area contributed by atoms with Crippen LogP contribution in [0, 0.1) is 6.92 Å². The summed E-state index contributed by atoms with van der Waals surface area (Å²) >= 11 is 0. The standard InChI is InChI=1S/C26H24N2O2/c1-19-14-16-22(17-15-19)27-26(29)25(21-11-6-3-7-12-21)28-24(23-13-8-18-30-23)20-9-4-2-5-10-20/h2-18,24-25,28H,1H3,(H,27,29)/t24-,25+/m1/s1. The lowest BCUT2D eigenvalue weighted by atomic mass is 10.00. The number of anilines is 1. The van der Waals surface area contributed by atoms with Crippen LogP contribution in [0.2, 0.25) is 0 Å². The molecule has 0 spiro atoms. The van der Waals surface area contributed by atoms with Crippen molar-refractivity contribution in [3.05, 3.63) is 126 Å². The number of amides is 1. The maximum atomic E-state index is 13.3. The summed E-state index contributed by atoms with van der Waals surface area (Å²) in [7, 11) is 0. The smallest absolute Gasteiger partial charge is 0.246 e. The average molecular weight is 396 g/mol. The Hall–Kier alpha value is -3.63. The van der Waals surface area contributed by atoms with Crippen molar-refractivity contribution < 1.29 is 9.21 Å². The summed E-state index contributed by atoms with van der Waals surface area (Å²) in [4.78, 5) is 13.3. The number of hydrogen-bond donors (Lipinski definition) is 2. The quantitative estimate of drug-likeness (QED) is 0.425. The van der Waals surface area contributed by atoms with Crippen molar-refractivity contribution in [1.82, 2.24) is 5.32 Å². The van der Waals surface area contributed by atoms with Gasteiger partial charge in [0.2, 0.25) is 5.91 Å². The Kier molecular flexibility index (Phi) is 6.06. The predicted molar refractivity (Wildman–Crippen MR) is 119 cm³/mol. The van der Waals surface area contributed by atoms with Gasteiger partial charge in [0.15, 0.2) is 0 Å². The molecule has 0 aliphatic carbocycles. The van der Waals surface area contributed by atoms with Gasteiger partial charge in [-0.2, -0.15) is 0 Å². The number of carbonyl (C=O) groups is 1. The molecular weight excluding hydrogens is 372 g/mol. The maximum Gasteiger partial charge on any atom is 0.246 e. The molecule has 0 bridgehead atoms. The van der Waals surface area contributed by atoms with Crippen LogP contribution in [0.5, 0.6) is 0 Å². The molecule has 4 heteroatoms. The van der Waals surface area contributed by atoms with Gasteiger partial charge < -0.3 is 9.73 Å². The Bertz CT molecular complexity index is 1060. The highest BCUT2D eigenvalue weighted by Gasteiger charge is 2.27. The van der Waals surface area contributed by atoms with E-state index in [2.05, 4.69) is 10.6 Å². The van der Waals surface area contributed by atoms with Gasteiger partial charge in [0.05, 0.1) is 12.3 Å². The monoisotopic (exact) mass is 396 g/mol. The molecule has 0 aliphatic heterocycles. The van der Waals surface area contributed by atoms with E-state index in [1.807, 2.05) is 104 Å². The number of benzene rings is 3. The van der Waals surface area contributed by atoms with Crippen LogP contribution < -0.4 is 10.6 Å². The molecule has 0 unspecified atom stereocenters. The molecule has 0 aliphatic rings. The lowest BCUT2D eigenvalue weighted by molar-refractivity contribution is -0.118. The Balaban J connectivity index is 1.66. The molecule has 4 rings (SSSR count). The second kappa shape index (κ2) is 9.25. The van der Waals surface area contributed by atoms with Crippen molar-refractivity contribution >= 4 is 11.6 Å². The Morgan fingerprint density at radius 1 is 0.767 bits per heavy atom. The maximum absolute atomic E-state index is 13.3. The molecule has 0 fully saturated rings. The van der Waals surface area contributed by atoms with E-state index in [4.69, 9.17) is 4.42 Å². The van der Waals surface area contributed by atoms with E-state index in [1.54, 1.807) is 6.26 Å². The molecule has 1 heterocycles. The van der Waals surface area contributed by atoms with Crippen LogP contribution in [-0.2, 0) is 4.79 Å². The summed E-state index contributed by atoms with van der Waals surface area (Å²) in [6.45, 7) is 2.02. The number of hydrogen-bond acceptors (Lipinski definition) is 3. The lowest BCUT2D eigenvalue weighted by Gasteiger charge is -2.25. The molecule has 4 aromatic rings. The molecule has 3 aromatic carbocycles. The first-order valence-corrected chi connectivity index (χ1v) is 9.97. The van der Waals surface area contributed by atoms with Crippen LogP contribution in [-0.4, -0.2) is 5.91 Å². The summed E-state index contributed by atoms with van der Waals surface area (Å²) < 4.78 is 5.70. The van der Waals surface area contributed by atoms with Crippen molar-refractivity contribution in [3.63, 3.8) is 0 Å². The molecule has 0 saturated carbocycles. The average Bonchev–Trinajstić information content (AvgIpc) is 3.32. The van der Waals surface area contributed by atoms with Gasteiger partial charge in [0.25, 0.3) is 0 Å². The van der Waals surface area contributed by atoms with Crippen molar-refractivity contribution in [3.8, 4) is 0 Å². The van der Waals surface area contributed by atoms with Crippen molar-refractivity contribution in [2.45, 2.75) is 19.0 Å². The summed E-state index contributed by atoms with van der Waals surface area (Å²) in [5, 5.41) is 6.55. The van der Waals surface area contributed by atoms with E-state index >= 15 is 0 Å². The molecule has 4 nitrogen and oxygen atoms in total. The molecular formula is C26H24N2O2. The van der Waals surface area contributed by atoms with Gasteiger partial charge in [-0.3, -0.25) is 10.1 Å². The second-order valence-corrected chi connectivity index (χ2v) is 7.22. The number of aryl methyl sites for hydroxylation is 1. The van der Waals surface area contributed by atoms with Crippen molar-refractivity contribution in [2.24, 2.45) is 0 Å². The zero-order chi connectivity index (χ0) is 20.8. The Labute approximate surface area is 176 Å². The second-order valence-electron chi connectivity index (χ2n) is 7.22. The van der Waals surface area contributed by atoms with Gasteiger partial charge in [-0.1, -0.05) is 78.4 Å². The predicted octanol–water partition coefficient (Wildman–Crippen LogP) is 5.65. The topological polar surface area (TPSA) is 54.3 Å². The van der Waals surface area contributed by atoms with E-state index in [9.17, 15) is 4.79 Å². The van der Waals surface area contributed by atoms with Crippen LogP contribution in [0.4, 0.5) is 5.69 Å². The van der Waals surface area contributed by atoms with Gasteiger partial charge in [0.1, 0.15) is 11.8 Å². The number of nitrogens with one attached hydrogen (secondary N) is 2. The van der Waals surface area contributed by atoms with E-state index in [-0.39, 0.29) is 11.9 Å². The third-order valence-electron chi connectivity index (χ3n) is 5.01. The fraction of sp³-hybridized carbons (Fsp3) is 0.115. The third kappa shape index (κ3) is 4.67. The van der Waals surface area contributed by atoms with Crippen LogP contribution in [0.15, 0.2) is 108 Å². The van der Waals surface area contributed by atoms with E-state index < -0.39 is 6.04 Å². The molecule has 1 aromatic heterocycles. The first-order chi connectivity index (χ1) is 14.7. The molecule has 0 saturated heterocycles. The Morgan fingerprint density at radius 2 is 1.40 bits per heavy atom. The third-order valence-corrected chi connectivity index (χ3v) is 5.01. The highest BCUT2D eigenvalue weighted by atomic mass is 16.3. The molecule has 0 radical (unpaired) electrons. The zero-order valence-corrected chi connectivity index (χ0v) is 16.8. The summed E-state index contributed by atoms with van der Waals surface area (Å²) in [5.41, 5.74) is 3.82. The van der Waals surface area contributed by atoms with Gasteiger partial charge >= 0.3 is 0 Å². The first kappa shape index (κ1) is 19.7. The minimum absolute atomic E-state index is 0.127. The minimum Gasteiger partial charge on any atom is -0.467 e. The van der Waals surface area contributed by atoms with Gasteiger partial charge in [-0.15, -0.1) is 0 Å². The zero-order valence-electron chi connectivity index (χ0n) is 16.8. The fourth-order valence-electron chi connectivity index (χ4n) is 3.43. The summed E-state index contributed by atoms with van der Waals surface area (Å²) in [6.07, 6.45) is 1.65. The highest BCUT2D eigenvalue weighted by Crippen LogP contribution is 2.27. The lowest BCUT2D eigenvalue weighted by Crippen LogP contribution is -2.36. The first-order valence-electron chi connectivity index (χ1n) is 9.97. The van der Waals surface area contributed by atoms with Gasteiger partial charge in [0, 0.05) is 5.69 Å². The molecule has 2 atom stereocenters. The van der Waals surface area contributed by atoms with Gasteiger partial charge in [-0.05, 0) is 42.3 Å². The minimum atomic E-state index is -0.567. The Morgan fingerprint density at radius 3 is 2.00 bits per heavy atom. The van der Waals surface area contributed by atoms with E-state index in [0.29, 0.717) is 0 Å². The van der Waals surface area contributed by atoms with E-state index in [1.165, 1.54) is 0 Å². The molecule has 150 valence electrons. The normalized spacial score (nSPS) is 12.8. The van der Waals surface area contributed by atoms with Crippen LogP contribution >= 0.6 is 0 Å². The van der Waals surface area contributed by atoms with Crippen LogP contribution in [0.1, 0.15) is 34.5 Å². The van der Waals surface area contributed by atoms with E-state index in [0.717, 1.165) is 28.1 Å². The summed E-state index contributed by atoms with van der Waals surface area (Å²) in [5.74, 6) is 0.628. The van der Waals surface area contributed by atoms with Crippen LogP contribution in [0.25, 0.3) is 0 Å². The largest absolute Gasteiger partial charge is 0.467 e. The van der Waals surface area contributed by atoms with Crippen molar-refractivity contribution in [1.29, 1.82) is 0 Å². The SMILES string of the molecule is Cc1ccc(NC(=O)[C@@H](N[C@H](c2ccccc2)c2ccco2)c2ccccc2)cc1. The number of carbonyl (C=O) groups excluding carboxylic acids is 1. The number of rotatable bonds is 7. The number of furan rings is 1. The van der Waals surface area contributed by atoms with Gasteiger partial charge in [-0.25, -0.2) is 0 Å². The fourth-order valence-corrected chi connectivity index (χ4v) is 3.43. The highest BCUT2D eigenvalue weighted by molar-refractivity contribution is 5.95. The van der Waals surface area contributed by atoms with Crippen LogP contribution in [0.3, 0.4) is 0 Å². The molecule has 30 heavy (non-hydrogen) atoms. The molecule has 2 N–H and O–H groups in total.